The van der Waals surface area contributed by atoms with Crippen LogP contribution in [0.15, 0.2) is 47.3 Å². The molecule has 3 N–H and O–H groups in total. The number of hydrogen-bond donors (Lipinski definition) is 2. The van der Waals surface area contributed by atoms with Crippen molar-refractivity contribution in [3.05, 3.63) is 58.5 Å². The second-order valence-electron chi connectivity index (χ2n) is 6.18. The second-order valence-corrected chi connectivity index (χ2v) is 6.18. The third-order valence-electron chi connectivity index (χ3n) is 4.29. The van der Waals surface area contributed by atoms with Crippen molar-refractivity contribution in [1.82, 2.24) is 14.5 Å². The first kappa shape index (κ1) is 16.3. The molecule has 0 radical (unpaired) electrons. The molecule has 0 saturated heterocycles. The number of hydrogen-bond acceptors (Lipinski definition) is 5. The summed E-state index contributed by atoms with van der Waals surface area (Å²) in [4.78, 5) is 19.5. The molecule has 2 aromatic heterocycles. The fraction of sp³-hybridized carbons (Fsp3) is 0.263. The Hall–Kier alpha value is -3.22. The van der Waals surface area contributed by atoms with Crippen molar-refractivity contribution >= 4 is 16.9 Å². The summed E-state index contributed by atoms with van der Waals surface area (Å²) in [6, 6.07) is 9.48. The second kappa shape index (κ2) is 6.95. The Kier molecular flexibility index (Phi) is 4.35. The van der Waals surface area contributed by atoms with Gasteiger partial charge in [0.1, 0.15) is 17.9 Å². The van der Waals surface area contributed by atoms with E-state index in [4.69, 9.17) is 15.2 Å². The van der Waals surface area contributed by atoms with Crippen LogP contribution < -0.4 is 20.9 Å². The first-order chi connectivity index (χ1) is 12.7. The zero-order chi connectivity index (χ0) is 17.9. The normalized spacial score (nSPS) is 14.9. The smallest absolute Gasteiger partial charge is 0.326 e. The lowest BCUT2D eigenvalue weighted by Crippen LogP contribution is -2.17. The minimum Gasteiger partial charge on any atom is -0.490 e. The van der Waals surface area contributed by atoms with E-state index in [0.29, 0.717) is 36.7 Å². The van der Waals surface area contributed by atoms with Crippen LogP contribution in [-0.2, 0) is 6.54 Å². The lowest BCUT2D eigenvalue weighted by molar-refractivity contribution is 0.301. The molecule has 0 aliphatic carbocycles. The Morgan fingerprint density at radius 2 is 2.12 bits per heavy atom. The number of nitrogens with one attached hydrogen (secondary N) is 1. The average molecular weight is 352 g/mol. The minimum atomic E-state index is -0.235. The van der Waals surface area contributed by atoms with E-state index in [1.807, 2.05) is 30.3 Å². The first-order valence-electron chi connectivity index (χ1n) is 8.59. The predicted molar refractivity (Wildman–Crippen MR) is 99.7 cm³/mol. The number of pyridine rings is 1. The SMILES string of the molecule is Nc1nc2cc3c1[nH]c(=O)n3Cc1cccc(c1)OCC=CCCCO2. The zero-order valence-electron chi connectivity index (χ0n) is 14.3. The molecule has 0 saturated carbocycles. The molecule has 0 spiro atoms. The summed E-state index contributed by atoms with van der Waals surface area (Å²) in [5, 5.41) is 0. The fourth-order valence-corrected chi connectivity index (χ4v) is 3.01. The summed E-state index contributed by atoms with van der Waals surface area (Å²) in [7, 11) is 0. The van der Waals surface area contributed by atoms with Crippen molar-refractivity contribution in [3.63, 3.8) is 0 Å². The van der Waals surface area contributed by atoms with Crippen LogP contribution in [0.1, 0.15) is 18.4 Å². The molecule has 26 heavy (non-hydrogen) atoms. The molecule has 7 heteroatoms. The highest BCUT2D eigenvalue weighted by molar-refractivity contribution is 5.85. The standard InChI is InChI=1S/C19H20N4O3/c20-18-17-15-11-16(21-18)26-9-4-2-1-3-8-25-14-7-5-6-13(10-14)12-23(15)19(24)22-17/h1,3,5-7,10-11H,2,4,8-9,12H2,(H2,20,21)(H,22,24). The predicted octanol–water partition coefficient (Wildman–Crippen LogP) is 2.46. The van der Waals surface area contributed by atoms with Crippen LogP contribution in [0, 0.1) is 0 Å². The van der Waals surface area contributed by atoms with Gasteiger partial charge in [0.2, 0.25) is 5.88 Å². The highest BCUT2D eigenvalue weighted by Crippen LogP contribution is 2.23. The number of H-pyrrole nitrogens is 1. The van der Waals surface area contributed by atoms with E-state index in [-0.39, 0.29) is 11.5 Å². The molecule has 7 nitrogen and oxygen atoms in total. The fourth-order valence-electron chi connectivity index (χ4n) is 3.01. The minimum absolute atomic E-state index is 0.235. The van der Waals surface area contributed by atoms with Gasteiger partial charge >= 0.3 is 5.69 Å². The van der Waals surface area contributed by atoms with E-state index in [9.17, 15) is 4.79 Å². The molecule has 1 aliphatic rings. The highest BCUT2D eigenvalue weighted by atomic mass is 16.5. The lowest BCUT2D eigenvalue weighted by Gasteiger charge is -2.10. The largest absolute Gasteiger partial charge is 0.490 e. The number of nitrogens with zero attached hydrogens (tertiary/aromatic N) is 2. The van der Waals surface area contributed by atoms with E-state index in [1.54, 1.807) is 10.6 Å². The van der Waals surface area contributed by atoms with Crippen LogP contribution >= 0.6 is 0 Å². The molecule has 4 rings (SSSR count). The Morgan fingerprint density at radius 3 is 3.04 bits per heavy atom. The van der Waals surface area contributed by atoms with Gasteiger partial charge < -0.3 is 20.2 Å². The summed E-state index contributed by atoms with van der Waals surface area (Å²) < 4.78 is 13.1. The summed E-state index contributed by atoms with van der Waals surface area (Å²) >= 11 is 0. The van der Waals surface area contributed by atoms with Crippen LogP contribution in [0.4, 0.5) is 5.82 Å². The third-order valence-corrected chi connectivity index (χ3v) is 4.29. The Morgan fingerprint density at radius 1 is 1.19 bits per heavy atom. The number of nitrogens with two attached hydrogens (primary N) is 1. The summed E-state index contributed by atoms with van der Waals surface area (Å²) in [5.74, 6) is 1.46. The van der Waals surface area contributed by atoms with Gasteiger partial charge in [0.15, 0.2) is 5.82 Å². The van der Waals surface area contributed by atoms with E-state index >= 15 is 0 Å². The number of aromatic amines is 1. The topological polar surface area (TPSA) is 95.2 Å². The Bertz CT molecular complexity index is 1020. The number of allylic oxidation sites excluding steroid dienone is 1. The first-order valence-corrected chi connectivity index (χ1v) is 8.59. The molecule has 0 amide bonds. The van der Waals surface area contributed by atoms with Gasteiger partial charge in [-0.25, -0.2) is 4.79 Å². The number of ether oxygens (including phenoxy) is 2. The van der Waals surface area contributed by atoms with Crippen molar-refractivity contribution in [1.29, 1.82) is 0 Å². The van der Waals surface area contributed by atoms with Gasteiger partial charge in [0, 0.05) is 6.07 Å². The van der Waals surface area contributed by atoms with Gasteiger partial charge in [-0.1, -0.05) is 24.3 Å². The maximum atomic E-state index is 12.4. The maximum Gasteiger partial charge on any atom is 0.326 e. The van der Waals surface area contributed by atoms with E-state index in [1.165, 1.54) is 0 Å². The number of aromatic nitrogens is 3. The zero-order valence-corrected chi connectivity index (χ0v) is 14.3. The average Bonchev–Trinajstić information content (AvgIpc) is 2.93. The monoisotopic (exact) mass is 352 g/mol. The Labute approximate surface area is 150 Å². The van der Waals surface area contributed by atoms with Gasteiger partial charge in [0.25, 0.3) is 0 Å². The molecule has 3 aromatic rings. The maximum absolute atomic E-state index is 12.4. The van der Waals surface area contributed by atoms with Crippen LogP contribution in [-0.4, -0.2) is 27.7 Å². The van der Waals surface area contributed by atoms with Gasteiger partial charge in [-0.05, 0) is 30.5 Å². The highest BCUT2D eigenvalue weighted by Gasteiger charge is 2.13. The lowest BCUT2D eigenvalue weighted by atomic mass is 10.2. The Balaban J connectivity index is 1.80. The quantitative estimate of drug-likeness (QED) is 0.606. The van der Waals surface area contributed by atoms with E-state index in [0.717, 1.165) is 24.2 Å². The van der Waals surface area contributed by atoms with Gasteiger partial charge in [-0.15, -0.1) is 0 Å². The van der Waals surface area contributed by atoms with E-state index < -0.39 is 0 Å². The number of nitrogen functional groups attached to an aromatic ring is 1. The van der Waals surface area contributed by atoms with E-state index in [2.05, 4.69) is 16.0 Å². The number of imidazole rings is 1. The van der Waals surface area contributed by atoms with Gasteiger partial charge in [0.05, 0.1) is 18.7 Å². The van der Waals surface area contributed by atoms with Gasteiger partial charge in [-0.2, -0.15) is 4.98 Å². The summed E-state index contributed by atoms with van der Waals surface area (Å²) in [5.41, 5.74) is 7.94. The molecule has 3 heterocycles. The molecule has 1 aliphatic heterocycles. The van der Waals surface area contributed by atoms with Crippen LogP contribution in [0.2, 0.25) is 0 Å². The molecule has 0 atom stereocenters. The van der Waals surface area contributed by atoms with Crippen molar-refractivity contribution in [2.45, 2.75) is 19.4 Å². The van der Waals surface area contributed by atoms with Crippen molar-refractivity contribution in [2.75, 3.05) is 18.9 Å². The summed E-state index contributed by atoms with van der Waals surface area (Å²) in [6.07, 6.45) is 5.81. The van der Waals surface area contributed by atoms with Crippen molar-refractivity contribution < 1.29 is 9.47 Å². The third kappa shape index (κ3) is 3.28. The number of anilines is 1. The number of rotatable bonds is 0. The van der Waals surface area contributed by atoms with Crippen molar-refractivity contribution in [3.8, 4) is 11.6 Å². The molecular weight excluding hydrogens is 332 g/mol. The summed E-state index contributed by atoms with van der Waals surface area (Å²) in [6.45, 7) is 1.43. The van der Waals surface area contributed by atoms with Crippen LogP contribution in [0.25, 0.3) is 11.0 Å². The van der Waals surface area contributed by atoms with Crippen LogP contribution in [0.5, 0.6) is 11.6 Å². The number of fused-ring (bicyclic) bond motifs is 3. The van der Waals surface area contributed by atoms with Gasteiger partial charge in [-0.3, -0.25) is 4.57 Å². The molecular formula is C19H20N4O3. The molecule has 1 aromatic carbocycles. The molecule has 4 bridgehead atoms. The number of benzene rings is 1. The molecule has 0 fully saturated rings. The van der Waals surface area contributed by atoms with Crippen LogP contribution in [0.3, 0.4) is 0 Å². The van der Waals surface area contributed by atoms with Crippen molar-refractivity contribution in [2.24, 2.45) is 0 Å². The molecule has 0 unspecified atom stereocenters. The molecule has 134 valence electrons.